The van der Waals surface area contributed by atoms with Gasteiger partial charge < -0.3 is 4.42 Å². The average Bonchev–Trinajstić information content (AvgIpc) is 3.42. The third-order valence-corrected chi connectivity index (χ3v) is 7.72. The van der Waals surface area contributed by atoms with Crippen LogP contribution in [0.5, 0.6) is 0 Å². The van der Waals surface area contributed by atoms with Crippen molar-refractivity contribution in [1.82, 2.24) is 9.97 Å². The first-order valence-electron chi connectivity index (χ1n) is 13.5. The minimum absolute atomic E-state index is 0.632. The van der Waals surface area contributed by atoms with Gasteiger partial charge in [-0.25, -0.2) is 9.97 Å². The highest BCUT2D eigenvalue weighted by Gasteiger charge is 2.11. The van der Waals surface area contributed by atoms with Crippen molar-refractivity contribution >= 4 is 43.7 Å². The molecule has 0 saturated heterocycles. The van der Waals surface area contributed by atoms with Crippen LogP contribution < -0.4 is 0 Å². The van der Waals surface area contributed by atoms with Crippen molar-refractivity contribution in [2.45, 2.75) is 0 Å². The Morgan fingerprint density at radius 2 is 1.02 bits per heavy atom. The Morgan fingerprint density at radius 1 is 0.488 bits per heavy atom. The number of aromatic nitrogens is 2. The molecule has 0 N–H and O–H groups in total. The molecule has 0 aliphatic heterocycles. The van der Waals surface area contributed by atoms with Gasteiger partial charge in [-0.3, -0.25) is 0 Å². The Labute approximate surface area is 235 Å². The van der Waals surface area contributed by atoms with E-state index in [2.05, 4.69) is 78.9 Å². The number of pyridine rings is 2. The van der Waals surface area contributed by atoms with E-state index in [1.54, 1.807) is 0 Å². The first kappa shape index (κ1) is 23.1. The molecule has 0 fully saturated rings. The number of nitrogens with zero attached hydrogens (tertiary/aromatic N) is 3. The zero-order chi connectivity index (χ0) is 27.3. The van der Waals surface area contributed by atoms with Crippen LogP contribution in [-0.4, -0.2) is 9.97 Å². The van der Waals surface area contributed by atoms with Gasteiger partial charge in [-0.15, -0.1) is 0 Å². The number of furan rings is 1. The number of fused-ring (bicyclic) bond motifs is 6. The van der Waals surface area contributed by atoms with E-state index < -0.39 is 0 Å². The van der Waals surface area contributed by atoms with Crippen LogP contribution in [0.3, 0.4) is 0 Å². The van der Waals surface area contributed by atoms with E-state index in [0.717, 1.165) is 77.4 Å². The van der Waals surface area contributed by atoms with Gasteiger partial charge in [0.2, 0.25) is 0 Å². The summed E-state index contributed by atoms with van der Waals surface area (Å²) in [5.74, 6) is 0. The number of para-hydroxylation sites is 1. The van der Waals surface area contributed by atoms with Gasteiger partial charge in [-0.05, 0) is 53.6 Å². The number of benzene rings is 5. The third-order valence-electron chi connectivity index (χ3n) is 7.72. The number of hydrogen-bond donors (Lipinski definition) is 0. The molecule has 0 amide bonds. The highest BCUT2D eigenvalue weighted by molar-refractivity contribution is 6.06. The minimum atomic E-state index is 0.632. The topological polar surface area (TPSA) is 62.7 Å². The van der Waals surface area contributed by atoms with Crippen molar-refractivity contribution in [1.29, 1.82) is 5.26 Å². The molecule has 3 heterocycles. The Balaban J connectivity index is 1.18. The van der Waals surface area contributed by atoms with Crippen LogP contribution in [0, 0.1) is 11.3 Å². The standard InChI is InChI=1S/C37H21N3O/c38-22-23-5-7-25(8-6-23)32-18-15-27-13-14-28-16-19-33(40-37(28)36(27)39-32)26-11-9-24(10-12-26)29-17-20-35-31(21-29)30-3-1-2-4-34(30)41-35/h1-21H. The Bertz CT molecular complexity index is 2310. The predicted molar refractivity (Wildman–Crippen MR) is 165 cm³/mol. The first-order valence-corrected chi connectivity index (χ1v) is 13.5. The molecular weight excluding hydrogens is 502 g/mol. The Morgan fingerprint density at radius 3 is 1.68 bits per heavy atom. The normalized spacial score (nSPS) is 11.4. The van der Waals surface area contributed by atoms with Gasteiger partial charge in [0.25, 0.3) is 0 Å². The molecule has 0 aliphatic rings. The van der Waals surface area contributed by atoms with Crippen LogP contribution in [-0.2, 0) is 0 Å². The van der Waals surface area contributed by atoms with E-state index in [-0.39, 0.29) is 0 Å². The molecular formula is C37H21N3O. The third kappa shape index (κ3) is 3.92. The Hall–Kier alpha value is -5.79. The summed E-state index contributed by atoms with van der Waals surface area (Å²) in [6, 6.07) is 45.2. The SMILES string of the molecule is N#Cc1ccc(-c2ccc3ccc4ccc(-c5ccc(-c6ccc7oc8ccccc8c7c6)cc5)nc4c3n2)cc1. The first-order chi connectivity index (χ1) is 20.2. The van der Waals surface area contributed by atoms with Crippen molar-refractivity contribution in [3.05, 3.63) is 133 Å². The summed E-state index contributed by atoms with van der Waals surface area (Å²) in [5, 5.41) is 13.5. The summed E-state index contributed by atoms with van der Waals surface area (Å²) in [6.45, 7) is 0. The summed E-state index contributed by atoms with van der Waals surface area (Å²) >= 11 is 0. The van der Waals surface area contributed by atoms with E-state index in [1.165, 1.54) is 0 Å². The van der Waals surface area contributed by atoms with Crippen molar-refractivity contribution in [3.63, 3.8) is 0 Å². The monoisotopic (exact) mass is 523 g/mol. The summed E-state index contributed by atoms with van der Waals surface area (Å²) in [5.41, 5.74) is 10.2. The molecule has 0 saturated carbocycles. The molecule has 4 nitrogen and oxygen atoms in total. The molecule has 41 heavy (non-hydrogen) atoms. The number of nitriles is 1. The van der Waals surface area contributed by atoms with Crippen LogP contribution in [0.1, 0.15) is 5.56 Å². The highest BCUT2D eigenvalue weighted by Crippen LogP contribution is 2.34. The molecule has 8 rings (SSSR count). The second kappa shape index (κ2) is 9.15. The highest BCUT2D eigenvalue weighted by atomic mass is 16.3. The van der Waals surface area contributed by atoms with E-state index in [4.69, 9.17) is 19.6 Å². The molecule has 0 unspecified atom stereocenters. The molecule has 3 aromatic heterocycles. The van der Waals surface area contributed by atoms with Gasteiger partial charge >= 0.3 is 0 Å². The molecule has 0 radical (unpaired) electrons. The summed E-state index contributed by atoms with van der Waals surface area (Å²) < 4.78 is 6.00. The fourth-order valence-electron chi connectivity index (χ4n) is 5.54. The van der Waals surface area contributed by atoms with Crippen molar-refractivity contribution in [3.8, 4) is 39.7 Å². The predicted octanol–water partition coefficient (Wildman–Crippen LogP) is 9.56. The minimum Gasteiger partial charge on any atom is -0.456 e. The second-order valence-corrected chi connectivity index (χ2v) is 10.2. The maximum atomic E-state index is 9.14. The van der Waals surface area contributed by atoms with Crippen molar-refractivity contribution < 1.29 is 4.42 Å². The zero-order valence-corrected chi connectivity index (χ0v) is 21.9. The maximum absolute atomic E-state index is 9.14. The smallest absolute Gasteiger partial charge is 0.135 e. The van der Waals surface area contributed by atoms with E-state index in [1.807, 2.05) is 54.6 Å². The molecule has 190 valence electrons. The molecule has 0 bridgehead atoms. The molecule has 4 heteroatoms. The number of rotatable bonds is 3. The van der Waals surface area contributed by atoms with Gasteiger partial charge in [-0.1, -0.05) is 84.9 Å². The van der Waals surface area contributed by atoms with Crippen LogP contribution in [0.2, 0.25) is 0 Å². The second-order valence-electron chi connectivity index (χ2n) is 10.2. The van der Waals surface area contributed by atoms with Crippen molar-refractivity contribution in [2.24, 2.45) is 0 Å². The number of hydrogen-bond acceptors (Lipinski definition) is 4. The maximum Gasteiger partial charge on any atom is 0.135 e. The largest absolute Gasteiger partial charge is 0.456 e. The van der Waals surface area contributed by atoms with E-state index in [0.29, 0.717) is 5.56 Å². The van der Waals surface area contributed by atoms with Gasteiger partial charge in [0.05, 0.1) is 34.1 Å². The fraction of sp³-hybridized carbons (Fsp3) is 0. The van der Waals surface area contributed by atoms with Crippen LogP contribution >= 0.6 is 0 Å². The molecule has 8 aromatic rings. The van der Waals surface area contributed by atoms with Gasteiger partial charge in [-0.2, -0.15) is 5.26 Å². The lowest BCUT2D eigenvalue weighted by molar-refractivity contribution is 0.669. The lowest BCUT2D eigenvalue weighted by atomic mass is 10.00. The molecule has 0 atom stereocenters. The molecule has 0 aliphatic carbocycles. The molecule has 0 spiro atoms. The van der Waals surface area contributed by atoms with Crippen LogP contribution in [0.15, 0.2) is 132 Å². The quantitative estimate of drug-likeness (QED) is 0.216. The Kier molecular flexibility index (Phi) is 5.16. The van der Waals surface area contributed by atoms with Crippen LogP contribution in [0.4, 0.5) is 0 Å². The average molecular weight is 524 g/mol. The van der Waals surface area contributed by atoms with Crippen LogP contribution in [0.25, 0.3) is 77.4 Å². The lowest BCUT2D eigenvalue weighted by Crippen LogP contribution is -1.91. The van der Waals surface area contributed by atoms with Gasteiger partial charge in [0, 0.05) is 32.7 Å². The van der Waals surface area contributed by atoms with Gasteiger partial charge in [0.15, 0.2) is 0 Å². The van der Waals surface area contributed by atoms with E-state index >= 15 is 0 Å². The lowest BCUT2D eigenvalue weighted by Gasteiger charge is -2.09. The summed E-state index contributed by atoms with van der Waals surface area (Å²) in [6.07, 6.45) is 0. The zero-order valence-electron chi connectivity index (χ0n) is 21.9. The molecule has 5 aromatic carbocycles. The summed E-state index contributed by atoms with van der Waals surface area (Å²) in [4.78, 5) is 10.1. The van der Waals surface area contributed by atoms with Crippen molar-refractivity contribution in [2.75, 3.05) is 0 Å². The van der Waals surface area contributed by atoms with Gasteiger partial charge in [0.1, 0.15) is 11.2 Å². The van der Waals surface area contributed by atoms with E-state index in [9.17, 15) is 0 Å². The summed E-state index contributed by atoms with van der Waals surface area (Å²) in [7, 11) is 0. The fourth-order valence-corrected chi connectivity index (χ4v) is 5.54.